The van der Waals surface area contributed by atoms with Gasteiger partial charge in [0.15, 0.2) is 5.17 Å². The van der Waals surface area contributed by atoms with Gasteiger partial charge in [0.1, 0.15) is 5.75 Å². The Bertz CT molecular complexity index is 606. The number of ether oxygens (including phenoxy) is 1. The molecule has 0 radical (unpaired) electrons. The molecular formula is C17H23ClN2O2S. The molecule has 6 heteroatoms. The van der Waals surface area contributed by atoms with E-state index in [1.807, 2.05) is 0 Å². The maximum absolute atomic E-state index is 12.6. The SMILES string of the molecule is CCCCN1C(=NC(=O)c2cc(Cl)ccc2OC)S[C@H](C)[C@H]1C. The number of amides is 1. The highest BCUT2D eigenvalue weighted by atomic mass is 35.5. The summed E-state index contributed by atoms with van der Waals surface area (Å²) in [6.07, 6.45) is 2.21. The Morgan fingerprint density at radius 1 is 1.43 bits per heavy atom. The second-order valence-electron chi connectivity index (χ2n) is 5.65. The second kappa shape index (κ2) is 8.06. The Morgan fingerprint density at radius 2 is 2.17 bits per heavy atom. The average Bonchev–Trinajstić information content (AvgIpc) is 2.79. The van der Waals surface area contributed by atoms with Crippen LogP contribution in [0.3, 0.4) is 0 Å². The van der Waals surface area contributed by atoms with Gasteiger partial charge >= 0.3 is 0 Å². The minimum absolute atomic E-state index is 0.311. The van der Waals surface area contributed by atoms with Gasteiger partial charge in [0, 0.05) is 22.9 Å². The van der Waals surface area contributed by atoms with Crippen LogP contribution in [0.15, 0.2) is 23.2 Å². The smallest absolute Gasteiger partial charge is 0.283 e. The summed E-state index contributed by atoms with van der Waals surface area (Å²) in [6, 6.07) is 5.37. The number of thioether (sulfide) groups is 1. The van der Waals surface area contributed by atoms with E-state index >= 15 is 0 Å². The number of hydrogen-bond acceptors (Lipinski definition) is 3. The lowest BCUT2D eigenvalue weighted by molar-refractivity contribution is 0.0998. The zero-order valence-electron chi connectivity index (χ0n) is 14.0. The molecule has 0 saturated carbocycles. The Labute approximate surface area is 147 Å². The molecule has 1 aromatic carbocycles. The van der Waals surface area contributed by atoms with Crippen LogP contribution in [0.5, 0.6) is 5.75 Å². The van der Waals surface area contributed by atoms with Crippen LogP contribution in [0, 0.1) is 0 Å². The Balaban J connectivity index is 2.28. The molecule has 1 aromatic rings. The van der Waals surface area contributed by atoms with E-state index in [-0.39, 0.29) is 5.91 Å². The molecule has 2 atom stereocenters. The molecule has 4 nitrogen and oxygen atoms in total. The maximum Gasteiger partial charge on any atom is 0.283 e. The number of benzene rings is 1. The van der Waals surface area contributed by atoms with Crippen molar-refractivity contribution in [3.63, 3.8) is 0 Å². The minimum Gasteiger partial charge on any atom is -0.496 e. The summed E-state index contributed by atoms with van der Waals surface area (Å²) in [5.41, 5.74) is 0.399. The molecule has 23 heavy (non-hydrogen) atoms. The summed E-state index contributed by atoms with van der Waals surface area (Å²) in [5.74, 6) is 0.183. The van der Waals surface area contributed by atoms with Crippen LogP contribution in [0.1, 0.15) is 44.0 Å². The molecule has 1 fully saturated rings. The van der Waals surface area contributed by atoms with Gasteiger partial charge < -0.3 is 9.64 Å². The van der Waals surface area contributed by atoms with Gasteiger partial charge in [-0.05, 0) is 31.5 Å². The summed E-state index contributed by atoms with van der Waals surface area (Å²) in [7, 11) is 1.54. The first-order chi connectivity index (χ1) is 11.0. The van der Waals surface area contributed by atoms with Crippen LogP contribution < -0.4 is 4.74 Å². The van der Waals surface area contributed by atoms with Gasteiger partial charge in [-0.3, -0.25) is 4.79 Å². The molecule has 2 rings (SSSR count). The highest BCUT2D eigenvalue weighted by Gasteiger charge is 2.33. The number of hydrogen-bond donors (Lipinski definition) is 0. The topological polar surface area (TPSA) is 41.9 Å². The molecule has 126 valence electrons. The van der Waals surface area contributed by atoms with Gasteiger partial charge in [-0.2, -0.15) is 4.99 Å². The molecule has 0 aromatic heterocycles. The van der Waals surface area contributed by atoms with Gasteiger partial charge in [-0.25, -0.2) is 0 Å². The van der Waals surface area contributed by atoms with Gasteiger partial charge in [0.05, 0.1) is 12.7 Å². The molecule has 0 spiro atoms. The van der Waals surface area contributed by atoms with E-state index in [2.05, 4.69) is 30.7 Å². The summed E-state index contributed by atoms with van der Waals surface area (Å²) in [4.78, 5) is 19.2. The van der Waals surface area contributed by atoms with Crippen molar-refractivity contribution in [3.05, 3.63) is 28.8 Å². The summed E-state index contributed by atoms with van der Waals surface area (Å²) >= 11 is 7.66. The first-order valence-corrected chi connectivity index (χ1v) is 9.13. The maximum atomic E-state index is 12.6. The Hall–Kier alpha value is -1.20. The van der Waals surface area contributed by atoms with Crippen molar-refractivity contribution in [2.75, 3.05) is 13.7 Å². The molecular weight excluding hydrogens is 332 g/mol. The minimum atomic E-state index is -0.311. The molecule has 1 amide bonds. The summed E-state index contributed by atoms with van der Waals surface area (Å²) in [5, 5.41) is 1.71. The lowest BCUT2D eigenvalue weighted by Gasteiger charge is -2.24. The third-order valence-corrected chi connectivity index (χ3v) is 5.59. The predicted octanol–water partition coefficient (Wildman–Crippen LogP) is 4.47. The lowest BCUT2D eigenvalue weighted by atomic mass is 10.2. The quantitative estimate of drug-likeness (QED) is 0.782. The number of methoxy groups -OCH3 is 1. The van der Waals surface area contributed by atoms with E-state index in [1.54, 1.807) is 30.0 Å². The fraction of sp³-hybridized carbons (Fsp3) is 0.529. The fourth-order valence-electron chi connectivity index (χ4n) is 2.47. The molecule has 0 N–H and O–H groups in total. The van der Waals surface area contributed by atoms with Crippen LogP contribution in [0.25, 0.3) is 0 Å². The Kier molecular flexibility index (Phi) is 6.36. The monoisotopic (exact) mass is 354 g/mol. The van der Waals surface area contributed by atoms with Crippen molar-refractivity contribution in [2.45, 2.75) is 44.9 Å². The van der Waals surface area contributed by atoms with E-state index < -0.39 is 0 Å². The number of carbonyl (C=O) groups is 1. The van der Waals surface area contributed by atoms with E-state index in [0.717, 1.165) is 24.6 Å². The molecule has 1 aliphatic heterocycles. The predicted molar refractivity (Wildman–Crippen MR) is 97.9 cm³/mol. The average molecular weight is 355 g/mol. The van der Waals surface area contributed by atoms with Crippen molar-refractivity contribution in [3.8, 4) is 5.75 Å². The standard InChI is InChI=1S/C17H23ClN2O2S/c1-5-6-9-20-11(2)12(3)23-17(20)19-16(21)14-10-13(18)7-8-15(14)22-4/h7-8,10-12H,5-6,9H2,1-4H3/t11-,12-/m1/s1. The van der Waals surface area contributed by atoms with Crippen LogP contribution in [0.2, 0.25) is 5.02 Å². The molecule has 1 aliphatic rings. The van der Waals surface area contributed by atoms with Crippen molar-refractivity contribution < 1.29 is 9.53 Å². The first kappa shape index (κ1) is 18.1. The number of amidine groups is 1. The third kappa shape index (κ3) is 4.21. The van der Waals surface area contributed by atoms with Crippen LogP contribution in [0.4, 0.5) is 0 Å². The summed E-state index contributed by atoms with van der Waals surface area (Å²) < 4.78 is 5.25. The highest BCUT2D eigenvalue weighted by molar-refractivity contribution is 8.14. The summed E-state index contributed by atoms with van der Waals surface area (Å²) in [6.45, 7) is 7.44. The number of carbonyl (C=O) groups excluding carboxylic acids is 1. The number of rotatable bonds is 5. The normalized spacial score (nSPS) is 22.7. The Morgan fingerprint density at radius 3 is 2.83 bits per heavy atom. The molecule has 1 saturated heterocycles. The van der Waals surface area contributed by atoms with E-state index in [9.17, 15) is 4.79 Å². The van der Waals surface area contributed by atoms with Crippen molar-refractivity contribution in [1.29, 1.82) is 0 Å². The first-order valence-electron chi connectivity index (χ1n) is 7.87. The number of aliphatic imine (C=N–C) groups is 1. The number of unbranched alkanes of at least 4 members (excludes halogenated alkanes) is 1. The van der Waals surface area contributed by atoms with E-state index in [0.29, 0.717) is 27.6 Å². The van der Waals surface area contributed by atoms with Crippen LogP contribution in [-0.4, -0.2) is 40.9 Å². The fourth-order valence-corrected chi connectivity index (χ4v) is 3.85. The highest BCUT2D eigenvalue weighted by Crippen LogP contribution is 2.32. The van der Waals surface area contributed by atoms with E-state index in [4.69, 9.17) is 16.3 Å². The second-order valence-corrected chi connectivity index (χ2v) is 7.44. The van der Waals surface area contributed by atoms with Crippen molar-refractivity contribution >= 4 is 34.4 Å². The van der Waals surface area contributed by atoms with E-state index in [1.165, 1.54) is 7.11 Å². The molecule has 1 heterocycles. The van der Waals surface area contributed by atoms with Crippen molar-refractivity contribution in [2.24, 2.45) is 4.99 Å². The molecule has 0 aliphatic carbocycles. The zero-order chi connectivity index (χ0) is 17.0. The molecule has 0 bridgehead atoms. The molecule has 0 unspecified atom stereocenters. The third-order valence-electron chi connectivity index (χ3n) is 4.05. The van der Waals surface area contributed by atoms with Crippen LogP contribution in [-0.2, 0) is 0 Å². The van der Waals surface area contributed by atoms with Gasteiger partial charge in [0.2, 0.25) is 0 Å². The zero-order valence-corrected chi connectivity index (χ0v) is 15.6. The number of nitrogens with zero attached hydrogens (tertiary/aromatic N) is 2. The number of halogens is 1. The van der Waals surface area contributed by atoms with Gasteiger partial charge in [0.25, 0.3) is 5.91 Å². The largest absolute Gasteiger partial charge is 0.496 e. The van der Waals surface area contributed by atoms with Gasteiger partial charge in [-0.1, -0.05) is 43.6 Å². The van der Waals surface area contributed by atoms with Crippen molar-refractivity contribution in [1.82, 2.24) is 4.90 Å². The van der Waals surface area contributed by atoms with Crippen LogP contribution >= 0.6 is 23.4 Å². The lowest BCUT2D eigenvalue weighted by Crippen LogP contribution is -2.35. The van der Waals surface area contributed by atoms with Gasteiger partial charge in [-0.15, -0.1) is 0 Å².